The molecule has 0 spiro atoms. The quantitative estimate of drug-likeness (QED) is 0.805. The second-order valence-corrected chi connectivity index (χ2v) is 4.25. The molecule has 0 saturated heterocycles. The van der Waals surface area contributed by atoms with Crippen LogP contribution in [0, 0.1) is 0 Å². The maximum absolute atomic E-state index is 10.6. The van der Waals surface area contributed by atoms with Gasteiger partial charge in [0.05, 0.1) is 5.56 Å². The van der Waals surface area contributed by atoms with Crippen LogP contribution in [0.15, 0.2) is 18.3 Å². The predicted octanol–water partition coefficient (Wildman–Crippen LogP) is 1.25. The molecule has 92 valence electrons. The summed E-state index contributed by atoms with van der Waals surface area (Å²) in [4.78, 5) is 16.8. The number of rotatable bonds is 6. The van der Waals surface area contributed by atoms with Gasteiger partial charge in [0.2, 0.25) is 5.88 Å². The van der Waals surface area contributed by atoms with E-state index in [0.717, 1.165) is 12.6 Å². The SMILES string of the molecule is CN(CCOc1ccc(C(=O)O)cn1)C1CC1. The molecule has 1 heterocycles. The van der Waals surface area contributed by atoms with Gasteiger partial charge in [-0.25, -0.2) is 9.78 Å². The fourth-order valence-electron chi connectivity index (χ4n) is 1.58. The molecular weight excluding hydrogens is 220 g/mol. The fraction of sp³-hybridized carbons (Fsp3) is 0.500. The number of likely N-dealkylation sites (N-methyl/N-ethyl adjacent to an activating group) is 1. The number of pyridine rings is 1. The molecule has 0 bridgehead atoms. The highest BCUT2D eigenvalue weighted by Gasteiger charge is 2.25. The minimum Gasteiger partial charge on any atom is -0.478 e. The average Bonchev–Trinajstić information content (AvgIpc) is 3.13. The lowest BCUT2D eigenvalue weighted by Crippen LogP contribution is -2.26. The summed E-state index contributed by atoms with van der Waals surface area (Å²) in [6.07, 6.45) is 3.87. The predicted molar refractivity (Wildman–Crippen MR) is 62.3 cm³/mol. The molecule has 1 fully saturated rings. The second-order valence-electron chi connectivity index (χ2n) is 4.25. The van der Waals surface area contributed by atoms with Crippen molar-refractivity contribution in [3.8, 4) is 5.88 Å². The Morgan fingerprint density at radius 3 is 2.88 bits per heavy atom. The summed E-state index contributed by atoms with van der Waals surface area (Å²) in [5.74, 6) is -0.503. The maximum Gasteiger partial charge on any atom is 0.337 e. The Morgan fingerprint density at radius 1 is 1.59 bits per heavy atom. The molecule has 1 aliphatic carbocycles. The monoisotopic (exact) mass is 236 g/mol. The van der Waals surface area contributed by atoms with Gasteiger partial charge in [0.1, 0.15) is 6.61 Å². The van der Waals surface area contributed by atoms with Crippen molar-refractivity contribution in [2.75, 3.05) is 20.2 Å². The topological polar surface area (TPSA) is 62.7 Å². The highest BCUT2D eigenvalue weighted by atomic mass is 16.5. The standard InChI is InChI=1S/C12H16N2O3/c1-14(10-3-4-10)6-7-17-11-5-2-9(8-13-11)12(15)16/h2,5,8,10H,3-4,6-7H2,1H3,(H,15,16). The van der Waals surface area contributed by atoms with Crippen LogP contribution in [0.2, 0.25) is 0 Å². The molecule has 0 atom stereocenters. The Labute approximate surface area is 100 Å². The molecule has 0 amide bonds. The Kier molecular flexibility index (Phi) is 3.58. The van der Waals surface area contributed by atoms with Gasteiger partial charge in [0.25, 0.3) is 0 Å². The van der Waals surface area contributed by atoms with Crippen LogP contribution in [-0.2, 0) is 0 Å². The van der Waals surface area contributed by atoms with Crippen LogP contribution in [-0.4, -0.2) is 47.2 Å². The van der Waals surface area contributed by atoms with Gasteiger partial charge in [-0.3, -0.25) is 0 Å². The summed E-state index contributed by atoms with van der Waals surface area (Å²) in [5.41, 5.74) is 0.174. The van der Waals surface area contributed by atoms with Crippen LogP contribution >= 0.6 is 0 Å². The third-order valence-electron chi connectivity index (χ3n) is 2.85. The summed E-state index contributed by atoms with van der Waals surface area (Å²) >= 11 is 0. The lowest BCUT2D eigenvalue weighted by molar-refractivity contribution is 0.0696. The molecule has 0 aromatic carbocycles. The molecule has 17 heavy (non-hydrogen) atoms. The zero-order chi connectivity index (χ0) is 12.3. The second kappa shape index (κ2) is 5.14. The van der Waals surface area contributed by atoms with Gasteiger partial charge in [-0.2, -0.15) is 0 Å². The molecule has 1 aromatic rings. The van der Waals surface area contributed by atoms with Crippen LogP contribution in [0.4, 0.5) is 0 Å². The van der Waals surface area contributed by atoms with E-state index in [0.29, 0.717) is 12.5 Å². The van der Waals surface area contributed by atoms with E-state index in [-0.39, 0.29) is 5.56 Å². The summed E-state index contributed by atoms with van der Waals surface area (Å²) < 4.78 is 5.44. The first-order valence-corrected chi connectivity index (χ1v) is 5.69. The van der Waals surface area contributed by atoms with E-state index in [1.54, 1.807) is 6.07 Å². The largest absolute Gasteiger partial charge is 0.478 e. The first-order valence-electron chi connectivity index (χ1n) is 5.69. The van der Waals surface area contributed by atoms with Gasteiger partial charge in [-0.1, -0.05) is 0 Å². The van der Waals surface area contributed by atoms with Crippen molar-refractivity contribution >= 4 is 5.97 Å². The summed E-state index contributed by atoms with van der Waals surface area (Å²) in [6.45, 7) is 1.44. The van der Waals surface area contributed by atoms with Gasteiger partial charge < -0.3 is 14.7 Å². The molecule has 0 aliphatic heterocycles. The van der Waals surface area contributed by atoms with Crippen LogP contribution < -0.4 is 4.74 Å². The van der Waals surface area contributed by atoms with E-state index in [2.05, 4.69) is 16.9 Å². The van der Waals surface area contributed by atoms with Gasteiger partial charge >= 0.3 is 5.97 Å². The van der Waals surface area contributed by atoms with Crippen molar-refractivity contribution < 1.29 is 14.6 Å². The van der Waals surface area contributed by atoms with Crippen LogP contribution in [0.25, 0.3) is 0 Å². The molecular formula is C12H16N2O3. The van der Waals surface area contributed by atoms with E-state index in [9.17, 15) is 4.79 Å². The van der Waals surface area contributed by atoms with Crippen molar-refractivity contribution in [2.45, 2.75) is 18.9 Å². The molecule has 5 heteroatoms. The molecule has 1 saturated carbocycles. The normalized spacial score (nSPS) is 14.9. The van der Waals surface area contributed by atoms with Crippen LogP contribution in [0.5, 0.6) is 5.88 Å². The van der Waals surface area contributed by atoms with E-state index < -0.39 is 5.97 Å². The highest BCUT2D eigenvalue weighted by molar-refractivity contribution is 5.87. The van der Waals surface area contributed by atoms with Crippen LogP contribution in [0.3, 0.4) is 0 Å². The maximum atomic E-state index is 10.6. The molecule has 0 radical (unpaired) electrons. The first-order chi connectivity index (χ1) is 8.16. The van der Waals surface area contributed by atoms with E-state index in [4.69, 9.17) is 9.84 Å². The Balaban J connectivity index is 1.76. The van der Waals surface area contributed by atoms with Crippen molar-refractivity contribution in [3.63, 3.8) is 0 Å². The third-order valence-corrected chi connectivity index (χ3v) is 2.85. The van der Waals surface area contributed by atoms with Crippen molar-refractivity contribution in [1.29, 1.82) is 0 Å². The van der Waals surface area contributed by atoms with E-state index in [1.165, 1.54) is 25.1 Å². The van der Waals surface area contributed by atoms with Gasteiger partial charge in [0, 0.05) is 24.8 Å². The smallest absolute Gasteiger partial charge is 0.337 e. The Morgan fingerprint density at radius 2 is 2.35 bits per heavy atom. The highest BCUT2D eigenvalue weighted by Crippen LogP contribution is 2.24. The lowest BCUT2D eigenvalue weighted by atomic mass is 10.3. The summed E-state index contributed by atoms with van der Waals surface area (Å²) in [5, 5.41) is 8.71. The minimum atomic E-state index is -0.975. The molecule has 1 aliphatic rings. The van der Waals surface area contributed by atoms with Gasteiger partial charge in [-0.05, 0) is 26.0 Å². The third kappa shape index (κ3) is 3.42. The van der Waals surface area contributed by atoms with Crippen molar-refractivity contribution in [1.82, 2.24) is 9.88 Å². The molecule has 2 rings (SSSR count). The number of carboxylic acids is 1. The number of hydrogen-bond acceptors (Lipinski definition) is 4. The molecule has 1 N–H and O–H groups in total. The zero-order valence-electron chi connectivity index (χ0n) is 9.80. The molecule has 5 nitrogen and oxygen atoms in total. The van der Waals surface area contributed by atoms with E-state index in [1.807, 2.05) is 0 Å². The Bertz CT molecular complexity index is 387. The van der Waals surface area contributed by atoms with Crippen LogP contribution in [0.1, 0.15) is 23.2 Å². The van der Waals surface area contributed by atoms with Crippen molar-refractivity contribution in [2.24, 2.45) is 0 Å². The first kappa shape index (κ1) is 11.9. The van der Waals surface area contributed by atoms with Crippen molar-refractivity contribution in [3.05, 3.63) is 23.9 Å². The molecule has 0 unspecified atom stereocenters. The summed E-state index contributed by atoms with van der Waals surface area (Å²) in [6, 6.07) is 3.80. The number of aromatic carboxylic acids is 1. The number of aromatic nitrogens is 1. The lowest BCUT2D eigenvalue weighted by Gasteiger charge is -2.15. The fourth-order valence-corrected chi connectivity index (χ4v) is 1.58. The number of carboxylic acid groups (broad SMARTS) is 1. The average molecular weight is 236 g/mol. The van der Waals surface area contributed by atoms with Gasteiger partial charge in [0.15, 0.2) is 0 Å². The number of carbonyl (C=O) groups is 1. The Hall–Kier alpha value is -1.62. The van der Waals surface area contributed by atoms with Gasteiger partial charge in [-0.15, -0.1) is 0 Å². The number of ether oxygens (including phenoxy) is 1. The molecule has 1 aromatic heterocycles. The zero-order valence-corrected chi connectivity index (χ0v) is 9.80. The number of nitrogens with zero attached hydrogens (tertiary/aromatic N) is 2. The number of hydrogen-bond donors (Lipinski definition) is 1. The summed E-state index contributed by atoms with van der Waals surface area (Å²) in [7, 11) is 2.09. The van der Waals surface area contributed by atoms with E-state index >= 15 is 0 Å². The minimum absolute atomic E-state index is 0.174.